The van der Waals surface area contributed by atoms with E-state index in [1.165, 1.54) is 12.8 Å². The summed E-state index contributed by atoms with van der Waals surface area (Å²) in [7, 11) is 0. The van der Waals surface area contributed by atoms with E-state index in [1.807, 2.05) is 12.3 Å². The Bertz CT molecular complexity index is 389. The fraction of sp³-hybridized carbons (Fsp3) is 0.750. The highest BCUT2D eigenvalue weighted by Crippen LogP contribution is 2.38. The average Bonchev–Trinajstić information content (AvgIpc) is 2.97. The summed E-state index contributed by atoms with van der Waals surface area (Å²) in [4.78, 5) is 0. The second kappa shape index (κ2) is 3.99. The highest BCUT2D eigenvalue weighted by atomic mass is 15.4. The molecule has 1 atom stereocenters. The molecule has 1 unspecified atom stereocenters. The molecule has 2 heterocycles. The van der Waals surface area contributed by atoms with Gasteiger partial charge in [0.25, 0.3) is 0 Å². The number of hydrogen-bond acceptors (Lipinski definition) is 4. The van der Waals surface area contributed by atoms with Crippen molar-refractivity contribution in [2.24, 2.45) is 11.7 Å². The Morgan fingerprint density at radius 2 is 2.35 bits per heavy atom. The van der Waals surface area contributed by atoms with Crippen LogP contribution < -0.4 is 16.4 Å². The molecule has 5 nitrogen and oxygen atoms in total. The smallest absolute Gasteiger partial charge is 0.124 e. The molecule has 2 aliphatic rings. The van der Waals surface area contributed by atoms with Gasteiger partial charge in [-0.05, 0) is 25.7 Å². The van der Waals surface area contributed by atoms with Crippen molar-refractivity contribution in [3.05, 3.63) is 12.3 Å². The lowest BCUT2D eigenvalue weighted by molar-refractivity contribution is 0.320. The van der Waals surface area contributed by atoms with Crippen molar-refractivity contribution >= 4 is 5.82 Å². The molecule has 0 bridgehead atoms. The van der Waals surface area contributed by atoms with Crippen LogP contribution in [0.2, 0.25) is 0 Å². The molecule has 0 amide bonds. The van der Waals surface area contributed by atoms with E-state index in [-0.39, 0.29) is 5.54 Å². The Labute approximate surface area is 102 Å². The predicted molar refractivity (Wildman–Crippen MR) is 67.9 cm³/mol. The third-order valence-corrected chi connectivity index (χ3v) is 3.94. The molecule has 4 N–H and O–H groups in total. The van der Waals surface area contributed by atoms with Crippen molar-refractivity contribution in [2.45, 2.75) is 31.3 Å². The number of hydrogen-bond donors (Lipinski definition) is 3. The van der Waals surface area contributed by atoms with Gasteiger partial charge in [-0.2, -0.15) is 5.10 Å². The zero-order valence-electron chi connectivity index (χ0n) is 10.3. The van der Waals surface area contributed by atoms with E-state index in [4.69, 9.17) is 5.73 Å². The van der Waals surface area contributed by atoms with E-state index >= 15 is 0 Å². The number of nitrogens with two attached hydrogens (primary N) is 1. The van der Waals surface area contributed by atoms with Crippen LogP contribution >= 0.6 is 0 Å². The molecule has 3 rings (SSSR count). The van der Waals surface area contributed by atoms with E-state index in [2.05, 4.69) is 27.3 Å². The van der Waals surface area contributed by atoms with Crippen molar-refractivity contribution in [3.63, 3.8) is 0 Å². The van der Waals surface area contributed by atoms with Crippen LogP contribution in [0.25, 0.3) is 0 Å². The highest BCUT2D eigenvalue weighted by Gasteiger charge is 2.38. The van der Waals surface area contributed by atoms with Gasteiger partial charge in [-0.1, -0.05) is 0 Å². The normalized spacial score (nSPS) is 24.1. The van der Waals surface area contributed by atoms with Crippen LogP contribution in [0.3, 0.4) is 0 Å². The van der Waals surface area contributed by atoms with Gasteiger partial charge in [0, 0.05) is 31.2 Å². The lowest BCUT2D eigenvalue weighted by Gasteiger charge is -2.30. The maximum atomic E-state index is 6.31. The summed E-state index contributed by atoms with van der Waals surface area (Å²) in [6.45, 7) is 4.99. The monoisotopic (exact) mass is 235 g/mol. The molecule has 0 aromatic carbocycles. The predicted octanol–water partition coefficient (Wildman–Crippen LogP) is 0.567. The second-order valence-corrected chi connectivity index (χ2v) is 5.61. The first-order valence-corrected chi connectivity index (χ1v) is 6.44. The zero-order chi connectivity index (χ0) is 11.9. The van der Waals surface area contributed by atoms with Gasteiger partial charge < -0.3 is 16.4 Å². The second-order valence-electron chi connectivity index (χ2n) is 5.61. The molecule has 0 spiro atoms. The van der Waals surface area contributed by atoms with E-state index in [0.29, 0.717) is 12.0 Å². The SMILES string of the molecule is CC(N)(CNc1ccnn1C1CNC1)C1CC1. The summed E-state index contributed by atoms with van der Waals surface area (Å²) in [5, 5.41) is 11.1. The lowest BCUT2D eigenvalue weighted by atomic mass is 9.97. The average molecular weight is 235 g/mol. The van der Waals surface area contributed by atoms with Gasteiger partial charge in [0.05, 0.1) is 12.2 Å². The molecular formula is C12H21N5. The molecule has 1 aliphatic carbocycles. The molecule has 1 saturated heterocycles. The molecule has 1 aliphatic heterocycles. The molecule has 1 aromatic rings. The van der Waals surface area contributed by atoms with Gasteiger partial charge in [-0.25, -0.2) is 4.68 Å². The zero-order valence-corrected chi connectivity index (χ0v) is 10.3. The first kappa shape index (κ1) is 11.0. The summed E-state index contributed by atoms with van der Waals surface area (Å²) < 4.78 is 2.07. The summed E-state index contributed by atoms with van der Waals surface area (Å²) in [5.74, 6) is 1.78. The van der Waals surface area contributed by atoms with Crippen LogP contribution in [-0.2, 0) is 0 Å². The number of nitrogens with zero attached hydrogens (tertiary/aromatic N) is 2. The lowest BCUT2D eigenvalue weighted by Crippen LogP contribution is -2.47. The third-order valence-electron chi connectivity index (χ3n) is 3.94. The molecular weight excluding hydrogens is 214 g/mol. The first-order valence-electron chi connectivity index (χ1n) is 6.44. The fourth-order valence-corrected chi connectivity index (χ4v) is 2.36. The Balaban J connectivity index is 1.62. The van der Waals surface area contributed by atoms with Crippen LogP contribution in [0, 0.1) is 5.92 Å². The number of anilines is 1. The molecule has 2 fully saturated rings. The number of aromatic nitrogens is 2. The summed E-state index contributed by atoms with van der Waals surface area (Å²) in [6.07, 6.45) is 4.41. The Morgan fingerprint density at radius 1 is 1.59 bits per heavy atom. The van der Waals surface area contributed by atoms with Crippen LogP contribution in [0.15, 0.2) is 12.3 Å². The molecule has 94 valence electrons. The van der Waals surface area contributed by atoms with Gasteiger partial charge in [-0.15, -0.1) is 0 Å². The molecule has 5 heteroatoms. The maximum Gasteiger partial charge on any atom is 0.124 e. The summed E-state index contributed by atoms with van der Waals surface area (Å²) >= 11 is 0. The fourth-order valence-electron chi connectivity index (χ4n) is 2.36. The van der Waals surface area contributed by atoms with Crippen LogP contribution in [-0.4, -0.2) is 35.0 Å². The van der Waals surface area contributed by atoms with Crippen LogP contribution in [0.4, 0.5) is 5.82 Å². The Morgan fingerprint density at radius 3 is 2.94 bits per heavy atom. The summed E-state index contributed by atoms with van der Waals surface area (Å²) in [6, 6.07) is 2.53. The van der Waals surface area contributed by atoms with Crippen molar-refractivity contribution in [1.82, 2.24) is 15.1 Å². The van der Waals surface area contributed by atoms with Crippen molar-refractivity contribution in [2.75, 3.05) is 25.0 Å². The van der Waals surface area contributed by atoms with E-state index < -0.39 is 0 Å². The largest absolute Gasteiger partial charge is 0.368 e. The molecule has 1 saturated carbocycles. The van der Waals surface area contributed by atoms with Gasteiger partial charge >= 0.3 is 0 Å². The highest BCUT2D eigenvalue weighted by molar-refractivity contribution is 5.35. The molecule has 1 aromatic heterocycles. The quantitative estimate of drug-likeness (QED) is 0.698. The minimum Gasteiger partial charge on any atom is -0.368 e. The van der Waals surface area contributed by atoms with Crippen molar-refractivity contribution in [1.29, 1.82) is 0 Å². The van der Waals surface area contributed by atoms with E-state index in [1.54, 1.807) is 0 Å². The van der Waals surface area contributed by atoms with Gasteiger partial charge in [0.15, 0.2) is 0 Å². The number of nitrogens with one attached hydrogen (secondary N) is 2. The van der Waals surface area contributed by atoms with Crippen molar-refractivity contribution < 1.29 is 0 Å². The van der Waals surface area contributed by atoms with Gasteiger partial charge in [-0.3, -0.25) is 0 Å². The van der Waals surface area contributed by atoms with Crippen LogP contribution in [0.1, 0.15) is 25.8 Å². The van der Waals surface area contributed by atoms with Crippen LogP contribution in [0.5, 0.6) is 0 Å². The van der Waals surface area contributed by atoms with Gasteiger partial charge in [0.2, 0.25) is 0 Å². The summed E-state index contributed by atoms with van der Waals surface area (Å²) in [5.41, 5.74) is 6.22. The van der Waals surface area contributed by atoms with Gasteiger partial charge in [0.1, 0.15) is 5.82 Å². The van der Waals surface area contributed by atoms with E-state index in [9.17, 15) is 0 Å². The minimum absolute atomic E-state index is 0.0903. The minimum atomic E-state index is -0.0903. The Hall–Kier alpha value is -1.07. The van der Waals surface area contributed by atoms with Crippen molar-refractivity contribution in [3.8, 4) is 0 Å². The topological polar surface area (TPSA) is 67.9 Å². The molecule has 0 radical (unpaired) electrons. The van der Waals surface area contributed by atoms with E-state index in [0.717, 1.165) is 25.5 Å². The molecule has 17 heavy (non-hydrogen) atoms. The standard InChI is InChI=1S/C12H21N5/c1-12(13,9-2-3-9)8-15-11-4-5-16-17(11)10-6-14-7-10/h4-5,9-10,14-15H,2-3,6-8,13H2,1H3. The number of rotatable bonds is 5. The first-order chi connectivity index (χ1) is 8.17. The Kier molecular flexibility index (Phi) is 2.60. The third kappa shape index (κ3) is 2.17. The maximum absolute atomic E-state index is 6.31.